The zero-order valence-corrected chi connectivity index (χ0v) is 23.9. The van der Waals surface area contributed by atoms with Gasteiger partial charge in [-0.25, -0.2) is 0 Å². The quantitative estimate of drug-likeness (QED) is 0.140. The van der Waals surface area contributed by atoms with Crippen molar-refractivity contribution < 1.29 is 4.74 Å². The van der Waals surface area contributed by atoms with Crippen LogP contribution in [0.4, 0.5) is 0 Å². The van der Waals surface area contributed by atoms with Gasteiger partial charge in [-0.3, -0.25) is 5.10 Å². The van der Waals surface area contributed by atoms with Gasteiger partial charge in [0.1, 0.15) is 5.75 Å². The molecule has 4 aromatic rings. The fraction of sp³-hybridized carbons (Fsp3) is 0.242. The first-order chi connectivity index (χ1) is 18.9. The highest BCUT2D eigenvalue weighted by molar-refractivity contribution is 6.04. The summed E-state index contributed by atoms with van der Waals surface area (Å²) in [5.74, 6) is 0.877. The molecule has 5 nitrogen and oxygen atoms in total. The zero-order chi connectivity index (χ0) is 27.8. The third-order valence-corrected chi connectivity index (χ3v) is 7.04. The van der Waals surface area contributed by atoms with Gasteiger partial charge in [0.05, 0.1) is 18.3 Å². The topological polar surface area (TPSA) is 44.4 Å². The summed E-state index contributed by atoms with van der Waals surface area (Å²) < 4.78 is 6.10. The molecule has 0 saturated carbocycles. The maximum absolute atomic E-state index is 6.10. The Hall–Kier alpha value is -4.03. The molecule has 0 aliphatic carbocycles. The highest BCUT2D eigenvalue weighted by Crippen LogP contribution is 2.37. The van der Waals surface area contributed by atoms with Crippen LogP contribution in [0.3, 0.4) is 0 Å². The summed E-state index contributed by atoms with van der Waals surface area (Å²) in [5.41, 5.74) is 9.53. The summed E-state index contributed by atoms with van der Waals surface area (Å²) in [4.78, 5) is 4.24. The van der Waals surface area contributed by atoms with Gasteiger partial charge in [0.15, 0.2) is 7.98 Å². The summed E-state index contributed by atoms with van der Waals surface area (Å²) in [7, 11) is 6.09. The standard InChI is InChI=1S/C33H39BN4O/c1-6-30(31-12-8-7-10-24(31)2)33(27-15-18-32-28(22-27)23-35-36-32)26-13-16-29(17-14-26)39-21-20-38(34)19-9-11-25(3)37(4)5/h7-18,22-23H,3,6,19-21,34H2,1-2,4-5H3,(H,35,36)/b11-9+,33-30+. The van der Waals surface area contributed by atoms with Crippen molar-refractivity contribution in [3.05, 3.63) is 120 Å². The largest absolute Gasteiger partial charge is 0.492 e. The minimum atomic E-state index is 0.627. The number of hydrogen-bond donors (Lipinski definition) is 1. The summed E-state index contributed by atoms with van der Waals surface area (Å²) in [6.07, 6.45) is 6.99. The lowest BCUT2D eigenvalue weighted by Crippen LogP contribution is -2.26. The molecule has 0 bridgehead atoms. The Morgan fingerprint density at radius 1 is 1.05 bits per heavy atom. The minimum absolute atomic E-state index is 0.627. The molecule has 200 valence electrons. The molecule has 0 aliphatic rings. The van der Waals surface area contributed by atoms with Crippen molar-refractivity contribution in [3.63, 3.8) is 0 Å². The van der Waals surface area contributed by atoms with Crippen LogP contribution in [-0.4, -0.2) is 61.7 Å². The second kappa shape index (κ2) is 13.2. The molecule has 39 heavy (non-hydrogen) atoms. The van der Waals surface area contributed by atoms with Crippen LogP contribution in [0.25, 0.3) is 22.0 Å². The Morgan fingerprint density at radius 2 is 1.79 bits per heavy atom. The molecule has 0 atom stereocenters. The summed E-state index contributed by atoms with van der Waals surface area (Å²) in [5, 5.41) is 8.40. The number of aryl methyl sites for hydroxylation is 1. The summed E-state index contributed by atoms with van der Waals surface area (Å²) in [6, 6.07) is 23.7. The Bertz CT molecular complexity index is 1470. The predicted molar refractivity (Wildman–Crippen MR) is 168 cm³/mol. The van der Waals surface area contributed by atoms with Crippen LogP contribution in [-0.2, 0) is 0 Å². The van der Waals surface area contributed by atoms with E-state index in [1.54, 1.807) is 0 Å². The maximum Gasteiger partial charge on any atom is 0.186 e. The van der Waals surface area contributed by atoms with E-state index in [1.807, 2.05) is 31.3 Å². The Balaban J connectivity index is 1.55. The van der Waals surface area contributed by atoms with Crippen molar-refractivity contribution in [2.45, 2.75) is 20.3 Å². The number of benzene rings is 3. The number of hydrogen-bond acceptors (Lipinski definition) is 4. The van der Waals surface area contributed by atoms with E-state index >= 15 is 0 Å². The van der Waals surface area contributed by atoms with Gasteiger partial charge in [-0.15, -0.1) is 0 Å². The van der Waals surface area contributed by atoms with E-state index in [4.69, 9.17) is 4.74 Å². The number of H-pyrrole nitrogens is 1. The number of allylic oxidation sites excluding steroid dienone is 2. The van der Waals surface area contributed by atoms with E-state index < -0.39 is 0 Å². The van der Waals surface area contributed by atoms with E-state index in [0.29, 0.717) is 6.61 Å². The van der Waals surface area contributed by atoms with E-state index in [-0.39, 0.29) is 0 Å². The molecule has 0 fully saturated rings. The van der Waals surface area contributed by atoms with Crippen LogP contribution >= 0.6 is 0 Å². The molecule has 0 unspecified atom stereocenters. The van der Waals surface area contributed by atoms with Crippen molar-refractivity contribution >= 4 is 30.0 Å². The van der Waals surface area contributed by atoms with Crippen molar-refractivity contribution in [2.24, 2.45) is 0 Å². The lowest BCUT2D eigenvalue weighted by Gasteiger charge is -2.19. The highest BCUT2D eigenvalue weighted by Gasteiger charge is 2.15. The Labute approximate surface area is 233 Å². The van der Waals surface area contributed by atoms with Gasteiger partial charge in [-0.05, 0) is 77.1 Å². The van der Waals surface area contributed by atoms with Crippen LogP contribution in [0.5, 0.6) is 5.75 Å². The average molecular weight is 519 g/mol. The third-order valence-electron chi connectivity index (χ3n) is 7.04. The zero-order valence-electron chi connectivity index (χ0n) is 23.9. The van der Waals surface area contributed by atoms with Gasteiger partial charge >= 0.3 is 0 Å². The monoisotopic (exact) mass is 518 g/mol. The molecular formula is C33H39BN4O. The number of ether oxygens (including phenoxy) is 1. The average Bonchev–Trinajstić information content (AvgIpc) is 3.41. The van der Waals surface area contributed by atoms with E-state index in [1.165, 1.54) is 33.4 Å². The molecule has 0 radical (unpaired) electrons. The van der Waals surface area contributed by atoms with Gasteiger partial charge in [0.25, 0.3) is 0 Å². The molecular weight excluding hydrogens is 479 g/mol. The molecule has 0 aliphatic heterocycles. The number of nitrogens with zero attached hydrogens (tertiary/aromatic N) is 3. The van der Waals surface area contributed by atoms with Crippen molar-refractivity contribution in [1.29, 1.82) is 0 Å². The smallest absolute Gasteiger partial charge is 0.186 e. The predicted octanol–water partition coefficient (Wildman–Crippen LogP) is 6.10. The van der Waals surface area contributed by atoms with E-state index in [9.17, 15) is 0 Å². The molecule has 0 spiro atoms. The molecule has 1 aromatic heterocycles. The number of likely N-dealkylation sites (N-methyl/N-ethyl adjacent to an activating group) is 1. The van der Waals surface area contributed by atoms with Crippen molar-refractivity contribution in [2.75, 3.05) is 33.8 Å². The lowest BCUT2D eigenvalue weighted by atomic mass is 9.86. The third kappa shape index (κ3) is 7.09. The highest BCUT2D eigenvalue weighted by atomic mass is 16.5. The Kier molecular flexibility index (Phi) is 9.45. The second-order valence-electron chi connectivity index (χ2n) is 10.1. The maximum atomic E-state index is 6.10. The number of aromatic amines is 1. The van der Waals surface area contributed by atoms with Gasteiger partial charge in [0.2, 0.25) is 0 Å². The molecule has 1 heterocycles. The normalized spacial score (nSPS) is 12.2. The van der Waals surface area contributed by atoms with Crippen LogP contribution in [0, 0.1) is 6.92 Å². The van der Waals surface area contributed by atoms with Gasteiger partial charge < -0.3 is 14.4 Å². The SMILES string of the molecule is BN(C/C=C/C(=C)N(C)C)CCOc1ccc(/C(=C(/CC)c2ccccc2C)c2ccc3[nH]ncc3c2)cc1. The molecule has 0 saturated heterocycles. The van der Waals surface area contributed by atoms with E-state index in [0.717, 1.165) is 41.9 Å². The van der Waals surface area contributed by atoms with Crippen LogP contribution in [0.1, 0.15) is 35.6 Å². The molecule has 6 heteroatoms. The second-order valence-corrected chi connectivity index (χ2v) is 10.1. The van der Waals surface area contributed by atoms with Crippen LogP contribution in [0.15, 0.2) is 97.4 Å². The fourth-order valence-electron chi connectivity index (χ4n) is 4.67. The van der Waals surface area contributed by atoms with Gasteiger partial charge in [-0.2, -0.15) is 5.10 Å². The lowest BCUT2D eigenvalue weighted by molar-refractivity contribution is 0.284. The van der Waals surface area contributed by atoms with Crippen LogP contribution < -0.4 is 4.74 Å². The number of nitrogens with one attached hydrogen (secondary N) is 1. The first kappa shape index (κ1) is 28.0. The van der Waals surface area contributed by atoms with E-state index in [2.05, 4.69) is 116 Å². The first-order valence-corrected chi connectivity index (χ1v) is 13.5. The Morgan fingerprint density at radius 3 is 2.51 bits per heavy atom. The van der Waals surface area contributed by atoms with Gasteiger partial charge in [0, 0.05) is 38.3 Å². The van der Waals surface area contributed by atoms with Gasteiger partial charge in [-0.1, -0.05) is 62.0 Å². The molecule has 3 aromatic carbocycles. The molecule has 1 N–H and O–H groups in total. The first-order valence-electron chi connectivity index (χ1n) is 13.5. The molecule has 0 amide bonds. The number of aromatic nitrogens is 2. The summed E-state index contributed by atoms with van der Waals surface area (Å²) in [6.45, 7) is 10.8. The number of fused-ring (bicyclic) bond motifs is 1. The summed E-state index contributed by atoms with van der Waals surface area (Å²) >= 11 is 0. The van der Waals surface area contributed by atoms with Crippen molar-refractivity contribution in [1.82, 2.24) is 19.9 Å². The van der Waals surface area contributed by atoms with Crippen LogP contribution in [0.2, 0.25) is 0 Å². The number of rotatable bonds is 12. The van der Waals surface area contributed by atoms with Crippen molar-refractivity contribution in [3.8, 4) is 5.75 Å². The minimum Gasteiger partial charge on any atom is -0.492 e. The fourth-order valence-corrected chi connectivity index (χ4v) is 4.67. The molecule has 4 rings (SSSR count).